The van der Waals surface area contributed by atoms with Crippen molar-refractivity contribution in [2.24, 2.45) is 0 Å². The molecule has 3 aliphatic heterocycles. The molecule has 0 radical (unpaired) electrons. The van der Waals surface area contributed by atoms with E-state index in [1.165, 1.54) is 7.11 Å². The number of hydrogen-bond acceptors (Lipinski definition) is 8. The van der Waals surface area contributed by atoms with Gasteiger partial charge in [0.1, 0.15) is 38.1 Å². The quantitative estimate of drug-likeness (QED) is 0.451. The summed E-state index contributed by atoms with van der Waals surface area (Å²) in [6.45, 7) is 3.18. The zero-order valence-electron chi connectivity index (χ0n) is 13.9. The highest BCUT2D eigenvalue weighted by molar-refractivity contribution is 5.91. The van der Waals surface area contributed by atoms with Gasteiger partial charge in [-0.25, -0.2) is 4.79 Å². The minimum atomic E-state index is -0.475. The summed E-state index contributed by atoms with van der Waals surface area (Å²) in [6.07, 6.45) is 0.232. The van der Waals surface area contributed by atoms with Crippen molar-refractivity contribution in [1.82, 2.24) is 0 Å². The van der Waals surface area contributed by atoms with E-state index in [0.717, 1.165) is 0 Å². The fraction of sp³-hybridized carbons (Fsp3) is 0.588. The van der Waals surface area contributed by atoms with Crippen LogP contribution >= 0.6 is 0 Å². The molecule has 3 saturated heterocycles. The fourth-order valence-electron chi connectivity index (χ4n) is 2.20. The maximum atomic E-state index is 12.0. The minimum Gasteiger partial charge on any atom is -0.487 e. The molecule has 3 aliphatic rings. The lowest BCUT2D eigenvalue weighted by Gasteiger charge is -2.17. The Bertz CT molecular complexity index is 597. The first-order valence-electron chi connectivity index (χ1n) is 8.22. The molecule has 3 unspecified atom stereocenters. The van der Waals surface area contributed by atoms with Gasteiger partial charge in [-0.3, -0.25) is 0 Å². The van der Waals surface area contributed by atoms with Crippen molar-refractivity contribution in [2.45, 2.75) is 18.3 Å². The first-order chi connectivity index (χ1) is 12.2. The molecule has 0 spiro atoms. The second-order valence-electron chi connectivity index (χ2n) is 6.09. The van der Waals surface area contributed by atoms with E-state index in [0.29, 0.717) is 62.5 Å². The summed E-state index contributed by atoms with van der Waals surface area (Å²) in [6, 6.07) is 3.19. The van der Waals surface area contributed by atoms with Crippen molar-refractivity contribution < 1.29 is 38.0 Å². The third-order valence-electron chi connectivity index (χ3n) is 3.91. The van der Waals surface area contributed by atoms with Gasteiger partial charge in [-0.2, -0.15) is 0 Å². The first-order valence-corrected chi connectivity index (χ1v) is 8.22. The fourth-order valence-corrected chi connectivity index (χ4v) is 2.20. The number of rotatable bonds is 10. The van der Waals surface area contributed by atoms with Gasteiger partial charge in [0.15, 0.2) is 11.5 Å². The van der Waals surface area contributed by atoms with Crippen LogP contribution in [0.2, 0.25) is 0 Å². The van der Waals surface area contributed by atoms with E-state index in [9.17, 15) is 4.79 Å². The number of benzene rings is 1. The van der Waals surface area contributed by atoms with Crippen LogP contribution in [-0.2, 0) is 18.9 Å². The Balaban J connectivity index is 1.59. The van der Waals surface area contributed by atoms with Gasteiger partial charge < -0.3 is 33.2 Å². The van der Waals surface area contributed by atoms with Crippen LogP contribution in [0.3, 0.4) is 0 Å². The Hall–Kier alpha value is -2.03. The minimum absolute atomic E-state index is 0.0747. The highest BCUT2D eigenvalue weighted by Gasteiger charge is 2.29. The van der Waals surface area contributed by atoms with Gasteiger partial charge in [-0.15, -0.1) is 0 Å². The molecule has 3 atom stereocenters. The maximum Gasteiger partial charge on any atom is 0.338 e. The van der Waals surface area contributed by atoms with Crippen LogP contribution < -0.4 is 14.2 Å². The van der Waals surface area contributed by atoms with Crippen LogP contribution in [0.25, 0.3) is 0 Å². The van der Waals surface area contributed by atoms with Crippen molar-refractivity contribution in [3.63, 3.8) is 0 Å². The van der Waals surface area contributed by atoms with Crippen LogP contribution in [0.15, 0.2) is 12.1 Å². The van der Waals surface area contributed by atoms with Gasteiger partial charge >= 0.3 is 5.97 Å². The van der Waals surface area contributed by atoms with Gasteiger partial charge in [0.2, 0.25) is 5.75 Å². The Kier molecular flexibility index (Phi) is 4.65. The second-order valence-corrected chi connectivity index (χ2v) is 6.09. The summed E-state index contributed by atoms with van der Waals surface area (Å²) >= 11 is 0. The Labute approximate surface area is 144 Å². The molecule has 4 rings (SSSR count). The molecule has 25 heavy (non-hydrogen) atoms. The van der Waals surface area contributed by atoms with E-state index < -0.39 is 5.97 Å². The molecule has 0 bridgehead atoms. The predicted octanol–water partition coefficient (Wildman–Crippen LogP) is 0.806. The number of ether oxygens (including phenoxy) is 7. The Morgan fingerprint density at radius 2 is 1.36 bits per heavy atom. The average molecular weight is 352 g/mol. The van der Waals surface area contributed by atoms with Crippen LogP contribution in [-0.4, -0.2) is 71.0 Å². The van der Waals surface area contributed by atoms with Crippen LogP contribution in [0.1, 0.15) is 10.4 Å². The smallest absolute Gasteiger partial charge is 0.338 e. The summed E-state index contributed by atoms with van der Waals surface area (Å²) in [5.41, 5.74) is 0.330. The van der Waals surface area contributed by atoms with Crippen molar-refractivity contribution in [3.8, 4) is 17.2 Å². The molecule has 1 aromatic carbocycles. The molecule has 8 heteroatoms. The SMILES string of the molecule is COC(=O)c1cc(OCC2CO2)c(OCC2CO2)c(OCC2CO2)c1. The summed E-state index contributed by atoms with van der Waals surface area (Å²) in [7, 11) is 1.33. The molecular formula is C17H20O8. The van der Waals surface area contributed by atoms with E-state index in [2.05, 4.69) is 0 Å². The van der Waals surface area contributed by atoms with Gasteiger partial charge in [0.05, 0.1) is 32.5 Å². The third-order valence-corrected chi connectivity index (χ3v) is 3.91. The van der Waals surface area contributed by atoms with E-state index in [1.54, 1.807) is 12.1 Å². The highest BCUT2D eigenvalue weighted by Crippen LogP contribution is 2.40. The molecule has 3 fully saturated rings. The van der Waals surface area contributed by atoms with E-state index in [-0.39, 0.29) is 18.3 Å². The molecule has 0 saturated carbocycles. The lowest BCUT2D eigenvalue weighted by atomic mass is 10.2. The van der Waals surface area contributed by atoms with Crippen molar-refractivity contribution in [3.05, 3.63) is 17.7 Å². The normalized spacial score (nSPS) is 25.9. The van der Waals surface area contributed by atoms with Crippen molar-refractivity contribution >= 4 is 5.97 Å². The first kappa shape index (κ1) is 16.4. The van der Waals surface area contributed by atoms with Gasteiger partial charge in [0, 0.05) is 0 Å². The van der Waals surface area contributed by atoms with Gasteiger partial charge in [-0.05, 0) is 12.1 Å². The van der Waals surface area contributed by atoms with Crippen LogP contribution in [0, 0.1) is 0 Å². The van der Waals surface area contributed by atoms with Crippen molar-refractivity contribution in [2.75, 3.05) is 46.8 Å². The predicted molar refractivity (Wildman–Crippen MR) is 83.5 cm³/mol. The van der Waals surface area contributed by atoms with E-state index in [4.69, 9.17) is 33.2 Å². The number of carbonyl (C=O) groups is 1. The van der Waals surface area contributed by atoms with Gasteiger partial charge in [0.25, 0.3) is 0 Å². The number of carbonyl (C=O) groups excluding carboxylic acids is 1. The Morgan fingerprint density at radius 3 is 1.76 bits per heavy atom. The standard InChI is InChI=1S/C17H20O8/c1-19-17(18)10-2-14(23-7-11-4-20-11)16(25-9-13-6-22-13)15(3-10)24-8-12-5-21-12/h2-3,11-13H,4-9H2,1H3. The molecule has 0 aromatic heterocycles. The lowest BCUT2D eigenvalue weighted by Crippen LogP contribution is -2.13. The van der Waals surface area contributed by atoms with Crippen LogP contribution in [0.4, 0.5) is 0 Å². The van der Waals surface area contributed by atoms with Gasteiger partial charge in [-0.1, -0.05) is 0 Å². The highest BCUT2D eigenvalue weighted by atomic mass is 16.6. The maximum absolute atomic E-state index is 12.0. The largest absolute Gasteiger partial charge is 0.487 e. The molecular weight excluding hydrogens is 332 g/mol. The summed E-state index contributed by atoms with van der Waals surface area (Å²) in [5.74, 6) is 0.818. The molecule has 0 aliphatic carbocycles. The monoisotopic (exact) mass is 352 g/mol. The summed E-state index contributed by atoms with van der Waals surface area (Å²) < 4.78 is 37.8. The number of esters is 1. The molecule has 8 nitrogen and oxygen atoms in total. The van der Waals surface area contributed by atoms with Crippen molar-refractivity contribution in [1.29, 1.82) is 0 Å². The van der Waals surface area contributed by atoms with E-state index >= 15 is 0 Å². The molecule has 0 amide bonds. The molecule has 136 valence electrons. The zero-order chi connectivity index (χ0) is 17.2. The average Bonchev–Trinajstić information content (AvgIpc) is 3.49. The number of methoxy groups -OCH3 is 1. The lowest BCUT2D eigenvalue weighted by molar-refractivity contribution is 0.0599. The topological polar surface area (TPSA) is 91.6 Å². The number of epoxide rings is 3. The Morgan fingerprint density at radius 1 is 0.920 bits per heavy atom. The second kappa shape index (κ2) is 7.07. The summed E-state index contributed by atoms with van der Waals surface area (Å²) in [5, 5.41) is 0. The molecule has 1 aromatic rings. The van der Waals surface area contributed by atoms with Crippen LogP contribution in [0.5, 0.6) is 17.2 Å². The number of hydrogen-bond donors (Lipinski definition) is 0. The summed E-state index contributed by atoms with van der Waals surface area (Å²) in [4.78, 5) is 12.0. The van der Waals surface area contributed by atoms with E-state index in [1.807, 2.05) is 0 Å². The zero-order valence-corrected chi connectivity index (χ0v) is 13.9. The molecule has 3 heterocycles. The third kappa shape index (κ3) is 4.53. The molecule has 0 N–H and O–H groups in total.